The Balaban J connectivity index is 2.03. The van der Waals surface area contributed by atoms with Crippen LogP contribution in [0.1, 0.15) is 77.2 Å². The summed E-state index contributed by atoms with van der Waals surface area (Å²) in [5, 5.41) is 0. The smallest absolute Gasteiger partial charge is 0.306 e. The molecule has 1 rings (SSSR count). The maximum absolute atomic E-state index is 11.8. The minimum atomic E-state index is -0.346. The fourth-order valence-corrected chi connectivity index (χ4v) is 2.76. The summed E-state index contributed by atoms with van der Waals surface area (Å²) in [5.74, 6) is -0.662. The van der Waals surface area contributed by atoms with E-state index in [1.165, 1.54) is 32.1 Å². The number of hydrogen-bond donors (Lipinski definition) is 0. The van der Waals surface area contributed by atoms with Crippen LogP contribution in [-0.4, -0.2) is 24.6 Å². The van der Waals surface area contributed by atoms with Gasteiger partial charge in [-0.25, -0.2) is 0 Å². The molecule has 0 saturated heterocycles. The van der Waals surface area contributed by atoms with Gasteiger partial charge in [0, 0.05) is 6.42 Å². The minimum Gasteiger partial charge on any atom is -0.465 e. The molecule has 0 heterocycles. The van der Waals surface area contributed by atoms with Crippen molar-refractivity contribution in [3.8, 4) is 0 Å². The predicted molar refractivity (Wildman–Crippen MR) is 104 cm³/mol. The molecule has 1 atom stereocenters. The largest absolute Gasteiger partial charge is 0.465 e. The van der Waals surface area contributed by atoms with Crippen molar-refractivity contribution in [3.63, 3.8) is 0 Å². The molecule has 0 radical (unpaired) electrons. The molecule has 1 aromatic rings. The lowest BCUT2D eigenvalue weighted by Gasteiger charge is -2.13. The topological polar surface area (TPSA) is 52.6 Å². The highest BCUT2D eigenvalue weighted by Crippen LogP contribution is 2.11. The molecular weight excluding hydrogens is 328 g/mol. The van der Waals surface area contributed by atoms with E-state index < -0.39 is 0 Å². The number of hydrogen-bond acceptors (Lipinski definition) is 4. The fourth-order valence-electron chi connectivity index (χ4n) is 2.76. The normalized spacial score (nSPS) is 11.8. The SMILES string of the molecule is CCCCCCCCC(C)OC(=O)CCC(=O)OCCc1ccccc1. The van der Waals surface area contributed by atoms with Gasteiger partial charge in [0.05, 0.1) is 25.6 Å². The lowest BCUT2D eigenvalue weighted by Crippen LogP contribution is -2.16. The summed E-state index contributed by atoms with van der Waals surface area (Å²) in [6, 6.07) is 9.86. The molecule has 4 nitrogen and oxygen atoms in total. The van der Waals surface area contributed by atoms with Crippen molar-refractivity contribution in [1.82, 2.24) is 0 Å². The lowest BCUT2D eigenvalue weighted by molar-refractivity contribution is -0.153. The number of benzene rings is 1. The molecule has 0 amide bonds. The zero-order valence-electron chi connectivity index (χ0n) is 16.4. The van der Waals surface area contributed by atoms with Crippen LogP contribution in [0.3, 0.4) is 0 Å². The second-order valence-corrected chi connectivity index (χ2v) is 6.81. The molecule has 1 unspecified atom stereocenters. The summed E-state index contributed by atoms with van der Waals surface area (Å²) in [5.41, 5.74) is 1.13. The molecule has 4 heteroatoms. The van der Waals surface area contributed by atoms with Gasteiger partial charge in [-0.15, -0.1) is 0 Å². The predicted octanol–water partition coefficient (Wildman–Crippen LogP) is 5.23. The molecule has 26 heavy (non-hydrogen) atoms. The van der Waals surface area contributed by atoms with Gasteiger partial charge >= 0.3 is 11.9 Å². The van der Waals surface area contributed by atoms with Crippen molar-refractivity contribution in [3.05, 3.63) is 35.9 Å². The Bertz CT molecular complexity index is 498. The third-order valence-electron chi connectivity index (χ3n) is 4.33. The highest BCUT2D eigenvalue weighted by Gasteiger charge is 2.12. The number of ether oxygens (including phenoxy) is 2. The molecular formula is C22H34O4. The van der Waals surface area contributed by atoms with E-state index in [1.54, 1.807) is 0 Å². The van der Waals surface area contributed by atoms with Crippen LogP contribution in [0.2, 0.25) is 0 Å². The Morgan fingerprint density at radius 3 is 2.31 bits per heavy atom. The average Bonchev–Trinajstić information content (AvgIpc) is 2.64. The Morgan fingerprint density at radius 1 is 0.923 bits per heavy atom. The highest BCUT2D eigenvalue weighted by molar-refractivity contribution is 5.77. The molecule has 0 saturated carbocycles. The third kappa shape index (κ3) is 11.7. The van der Waals surface area contributed by atoms with Crippen molar-refractivity contribution in [2.75, 3.05) is 6.61 Å². The first kappa shape index (κ1) is 22.2. The van der Waals surface area contributed by atoms with Crippen LogP contribution < -0.4 is 0 Å². The van der Waals surface area contributed by atoms with Crippen LogP contribution in [0.15, 0.2) is 30.3 Å². The second-order valence-electron chi connectivity index (χ2n) is 6.81. The molecule has 0 bridgehead atoms. The van der Waals surface area contributed by atoms with Crippen molar-refractivity contribution in [2.45, 2.75) is 84.2 Å². The summed E-state index contributed by atoms with van der Waals surface area (Å²) < 4.78 is 10.5. The number of esters is 2. The van der Waals surface area contributed by atoms with Crippen LogP contribution >= 0.6 is 0 Å². The van der Waals surface area contributed by atoms with Crippen LogP contribution in [0.25, 0.3) is 0 Å². The van der Waals surface area contributed by atoms with Crippen molar-refractivity contribution in [2.24, 2.45) is 0 Å². The first-order chi connectivity index (χ1) is 12.6. The maximum atomic E-state index is 11.8. The first-order valence-electron chi connectivity index (χ1n) is 10.0. The van der Waals surface area contributed by atoms with Crippen LogP contribution in [0.4, 0.5) is 0 Å². The summed E-state index contributed by atoms with van der Waals surface area (Å²) in [4.78, 5) is 23.5. The van der Waals surface area contributed by atoms with E-state index in [0.29, 0.717) is 13.0 Å². The van der Waals surface area contributed by atoms with Gasteiger partial charge in [-0.2, -0.15) is 0 Å². The third-order valence-corrected chi connectivity index (χ3v) is 4.33. The number of rotatable bonds is 14. The summed E-state index contributed by atoms with van der Waals surface area (Å²) in [6.07, 6.45) is 9.03. The number of carbonyl (C=O) groups is 2. The number of unbranched alkanes of at least 4 members (excludes halogenated alkanes) is 5. The van der Waals surface area contributed by atoms with Gasteiger partial charge < -0.3 is 9.47 Å². The molecule has 146 valence electrons. The van der Waals surface area contributed by atoms with Crippen molar-refractivity contribution < 1.29 is 19.1 Å². The monoisotopic (exact) mass is 362 g/mol. The summed E-state index contributed by atoms with van der Waals surface area (Å²) in [7, 11) is 0. The molecule has 0 aromatic heterocycles. The van der Waals surface area contributed by atoms with E-state index in [2.05, 4.69) is 6.92 Å². The van der Waals surface area contributed by atoms with E-state index >= 15 is 0 Å². The quantitative estimate of drug-likeness (QED) is 0.336. The lowest BCUT2D eigenvalue weighted by atomic mass is 10.1. The number of carbonyl (C=O) groups excluding carboxylic acids is 2. The Hall–Kier alpha value is -1.84. The minimum absolute atomic E-state index is 0.0807. The van der Waals surface area contributed by atoms with E-state index in [0.717, 1.165) is 18.4 Å². The van der Waals surface area contributed by atoms with E-state index in [9.17, 15) is 9.59 Å². The van der Waals surface area contributed by atoms with Gasteiger partial charge in [-0.3, -0.25) is 9.59 Å². The second kappa shape index (κ2) is 14.3. The van der Waals surface area contributed by atoms with Gasteiger partial charge in [-0.1, -0.05) is 69.4 Å². The first-order valence-corrected chi connectivity index (χ1v) is 10.0. The van der Waals surface area contributed by atoms with E-state index in [4.69, 9.17) is 9.47 Å². The van der Waals surface area contributed by atoms with Gasteiger partial charge in [0.1, 0.15) is 0 Å². The van der Waals surface area contributed by atoms with Gasteiger partial charge in [0.2, 0.25) is 0 Å². The molecule has 0 fully saturated rings. The highest BCUT2D eigenvalue weighted by atomic mass is 16.5. The zero-order valence-corrected chi connectivity index (χ0v) is 16.4. The van der Waals surface area contributed by atoms with Crippen LogP contribution in [0.5, 0.6) is 0 Å². The molecule has 0 aliphatic rings. The van der Waals surface area contributed by atoms with Crippen molar-refractivity contribution >= 4 is 11.9 Å². The Morgan fingerprint density at radius 2 is 1.58 bits per heavy atom. The zero-order chi connectivity index (χ0) is 19.0. The summed E-state index contributed by atoms with van der Waals surface area (Å²) in [6.45, 7) is 4.47. The summed E-state index contributed by atoms with van der Waals surface area (Å²) >= 11 is 0. The fraction of sp³-hybridized carbons (Fsp3) is 0.636. The maximum Gasteiger partial charge on any atom is 0.306 e. The van der Waals surface area contributed by atoms with E-state index in [-0.39, 0.29) is 30.9 Å². The Kier molecular flexibility index (Phi) is 12.2. The van der Waals surface area contributed by atoms with E-state index in [1.807, 2.05) is 37.3 Å². The molecule has 0 aliphatic carbocycles. The van der Waals surface area contributed by atoms with Crippen LogP contribution in [-0.2, 0) is 25.5 Å². The molecule has 1 aromatic carbocycles. The molecule has 0 spiro atoms. The van der Waals surface area contributed by atoms with Gasteiger partial charge in [-0.05, 0) is 25.3 Å². The van der Waals surface area contributed by atoms with Crippen LogP contribution in [0, 0.1) is 0 Å². The average molecular weight is 363 g/mol. The molecule has 0 N–H and O–H groups in total. The van der Waals surface area contributed by atoms with Gasteiger partial charge in [0.25, 0.3) is 0 Å². The molecule has 0 aliphatic heterocycles. The van der Waals surface area contributed by atoms with Gasteiger partial charge in [0.15, 0.2) is 0 Å². The standard InChI is InChI=1S/C22H34O4/c1-3-4-5-6-7-9-12-19(2)26-22(24)16-15-21(23)25-18-17-20-13-10-8-11-14-20/h8,10-11,13-14,19H,3-7,9,12,15-18H2,1-2H3. The van der Waals surface area contributed by atoms with Crippen molar-refractivity contribution in [1.29, 1.82) is 0 Å². The Labute approximate surface area is 158 Å².